The molecular formula is C16H25N3O2. The molecule has 1 aliphatic rings. The van der Waals surface area contributed by atoms with Crippen LogP contribution in [0.1, 0.15) is 45.6 Å². The number of aromatic nitrogens is 1. The molecule has 1 heterocycles. The van der Waals surface area contributed by atoms with Crippen LogP contribution in [0.2, 0.25) is 0 Å². The normalized spacial score (nSPS) is 22.0. The van der Waals surface area contributed by atoms with Gasteiger partial charge in [-0.15, -0.1) is 0 Å². The van der Waals surface area contributed by atoms with Crippen molar-refractivity contribution in [1.82, 2.24) is 15.6 Å². The van der Waals surface area contributed by atoms with Crippen molar-refractivity contribution in [2.24, 2.45) is 0 Å². The molecule has 1 fully saturated rings. The minimum atomic E-state index is -0.457. The Hall–Kier alpha value is -1.62. The zero-order valence-corrected chi connectivity index (χ0v) is 13.1. The number of ether oxygens (including phenoxy) is 1. The van der Waals surface area contributed by atoms with Crippen LogP contribution < -0.4 is 10.6 Å². The van der Waals surface area contributed by atoms with Gasteiger partial charge in [0.2, 0.25) is 0 Å². The van der Waals surface area contributed by atoms with Gasteiger partial charge < -0.3 is 15.4 Å². The van der Waals surface area contributed by atoms with Crippen LogP contribution in [-0.4, -0.2) is 28.8 Å². The number of hydrogen-bond donors (Lipinski definition) is 2. The topological polar surface area (TPSA) is 63.2 Å². The smallest absolute Gasteiger partial charge is 0.407 e. The molecule has 5 nitrogen and oxygen atoms in total. The molecule has 2 atom stereocenters. The van der Waals surface area contributed by atoms with Crippen LogP contribution in [0.4, 0.5) is 4.79 Å². The molecule has 1 aliphatic carbocycles. The van der Waals surface area contributed by atoms with E-state index in [1.807, 2.05) is 39.1 Å². The average Bonchev–Trinajstić information content (AvgIpc) is 2.82. The Morgan fingerprint density at radius 3 is 2.81 bits per heavy atom. The summed E-state index contributed by atoms with van der Waals surface area (Å²) in [6, 6.07) is 4.40. The molecule has 116 valence electrons. The van der Waals surface area contributed by atoms with Crippen molar-refractivity contribution in [3.63, 3.8) is 0 Å². The van der Waals surface area contributed by atoms with Gasteiger partial charge in [0.25, 0.3) is 0 Å². The maximum absolute atomic E-state index is 11.9. The summed E-state index contributed by atoms with van der Waals surface area (Å²) in [5.74, 6) is 0. The predicted octanol–water partition coefficient (Wildman–Crippen LogP) is 2.62. The summed E-state index contributed by atoms with van der Waals surface area (Å²) in [6.07, 6.45) is 6.47. The lowest BCUT2D eigenvalue weighted by Crippen LogP contribution is -2.47. The fourth-order valence-corrected chi connectivity index (χ4v) is 2.59. The molecule has 0 aromatic carbocycles. The largest absolute Gasteiger partial charge is 0.444 e. The van der Waals surface area contributed by atoms with Crippen LogP contribution in [0.25, 0.3) is 0 Å². The van der Waals surface area contributed by atoms with Crippen molar-refractivity contribution >= 4 is 6.09 Å². The molecule has 0 spiro atoms. The van der Waals surface area contributed by atoms with Gasteiger partial charge >= 0.3 is 6.09 Å². The lowest BCUT2D eigenvalue weighted by atomic mass is 10.1. The molecule has 1 aromatic rings. The molecule has 1 saturated carbocycles. The molecule has 5 heteroatoms. The van der Waals surface area contributed by atoms with Crippen molar-refractivity contribution in [2.75, 3.05) is 0 Å². The summed E-state index contributed by atoms with van der Waals surface area (Å²) in [6.45, 7) is 6.39. The second kappa shape index (κ2) is 6.89. The van der Waals surface area contributed by atoms with E-state index in [4.69, 9.17) is 4.74 Å². The quantitative estimate of drug-likeness (QED) is 0.895. The summed E-state index contributed by atoms with van der Waals surface area (Å²) in [4.78, 5) is 16.0. The standard InChI is InChI=1S/C16H25N3O2/c1-16(2,3)21-15(20)19-14-8-4-7-13(14)18-11-12-6-5-9-17-10-12/h5-6,9-10,13-14,18H,4,7-8,11H2,1-3H3,(H,19,20). The van der Waals surface area contributed by atoms with Crippen LogP contribution in [-0.2, 0) is 11.3 Å². The van der Waals surface area contributed by atoms with Crippen LogP contribution in [0.3, 0.4) is 0 Å². The van der Waals surface area contributed by atoms with Gasteiger partial charge in [0, 0.05) is 31.0 Å². The monoisotopic (exact) mass is 291 g/mol. The van der Waals surface area contributed by atoms with Crippen molar-refractivity contribution < 1.29 is 9.53 Å². The average molecular weight is 291 g/mol. The van der Waals surface area contributed by atoms with Gasteiger partial charge in [-0.3, -0.25) is 4.98 Å². The number of pyridine rings is 1. The number of rotatable bonds is 4. The third-order valence-corrected chi connectivity index (χ3v) is 3.51. The highest BCUT2D eigenvalue weighted by molar-refractivity contribution is 5.68. The number of nitrogens with zero attached hydrogens (tertiary/aromatic N) is 1. The van der Waals surface area contributed by atoms with E-state index in [0.717, 1.165) is 31.4 Å². The molecular weight excluding hydrogens is 266 g/mol. The number of hydrogen-bond acceptors (Lipinski definition) is 4. The van der Waals surface area contributed by atoms with Crippen molar-refractivity contribution in [3.05, 3.63) is 30.1 Å². The maximum atomic E-state index is 11.9. The SMILES string of the molecule is CC(C)(C)OC(=O)NC1CCCC1NCc1cccnc1. The summed E-state index contributed by atoms with van der Waals surface area (Å²) in [5, 5.41) is 6.49. The lowest BCUT2D eigenvalue weighted by Gasteiger charge is -2.25. The summed E-state index contributed by atoms with van der Waals surface area (Å²) < 4.78 is 5.32. The molecule has 2 N–H and O–H groups in total. The van der Waals surface area contributed by atoms with Crippen LogP contribution >= 0.6 is 0 Å². The first-order chi connectivity index (χ1) is 9.94. The number of amides is 1. The Labute approximate surface area is 126 Å². The minimum absolute atomic E-state index is 0.136. The van der Waals surface area contributed by atoms with Gasteiger partial charge in [0.05, 0.1) is 0 Å². The number of alkyl carbamates (subject to hydrolysis) is 1. The fourth-order valence-electron chi connectivity index (χ4n) is 2.59. The molecule has 0 saturated heterocycles. The highest BCUT2D eigenvalue weighted by atomic mass is 16.6. The first-order valence-electron chi connectivity index (χ1n) is 7.56. The molecule has 21 heavy (non-hydrogen) atoms. The molecule has 0 aliphatic heterocycles. The number of nitrogens with one attached hydrogen (secondary N) is 2. The third kappa shape index (κ3) is 5.34. The molecule has 2 unspecified atom stereocenters. The van der Waals surface area contributed by atoms with Gasteiger partial charge in [-0.1, -0.05) is 6.07 Å². The van der Waals surface area contributed by atoms with E-state index >= 15 is 0 Å². The molecule has 1 aromatic heterocycles. The van der Waals surface area contributed by atoms with Gasteiger partial charge in [-0.25, -0.2) is 4.79 Å². The van der Waals surface area contributed by atoms with E-state index < -0.39 is 5.60 Å². The Balaban J connectivity index is 1.81. The number of carbonyl (C=O) groups excluding carboxylic acids is 1. The summed E-state index contributed by atoms with van der Waals surface area (Å²) in [5.41, 5.74) is 0.696. The summed E-state index contributed by atoms with van der Waals surface area (Å²) >= 11 is 0. The molecule has 1 amide bonds. The second-order valence-corrected chi connectivity index (χ2v) is 6.53. The Morgan fingerprint density at radius 1 is 1.38 bits per heavy atom. The van der Waals surface area contributed by atoms with Crippen LogP contribution in [0.15, 0.2) is 24.5 Å². The minimum Gasteiger partial charge on any atom is -0.444 e. The Morgan fingerprint density at radius 2 is 2.14 bits per heavy atom. The fraction of sp³-hybridized carbons (Fsp3) is 0.625. The Bertz CT molecular complexity index is 456. The van der Waals surface area contributed by atoms with E-state index in [9.17, 15) is 4.79 Å². The zero-order valence-electron chi connectivity index (χ0n) is 13.1. The second-order valence-electron chi connectivity index (χ2n) is 6.53. The van der Waals surface area contributed by atoms with E-state index in [1.54, 1.807) is 6.20 Å². The van der Waals surface area contributed by atoms with Gasteiger partial charge in [0.1, 0.15) is 5.60 Å². The van der Waals surface area contributed by atoms with Crippen molar-refractivity contribution in [2.45, 2.75) is 64.3 Å². The molecule has 0 radical (unpaired) electrons. The Kier molecular flexibility index (Phi) is 5.17. The van der Waals surface area contributed by atoms with E-state index in [-0.39, 0.29) is 18.2 Å². The van der Waals surface area contributed by atoms with E-state index in [1.165, 1.54) is 0 Å². The van der Waals surface area contributed by atoms with Crippen LogP contribution in [0, 0.1) is 0 Å². The van der Waals surface area contributed by atoms with Crippen molar-refractivity contribution in [1.29, 1.82) is 0 Å². The molecule has 0 bridgehead atoms. The first kappa shape index (κ1) is 15.8. The van der Waals surface area contributed by atoms with E-state index in [0.29, 0.717) is 0 Å². The zero-order chi connectivity index (χ0) is 15.3. The maximum Gasteiger partial charge on any atom is 0.407 e. The first-order valence-corrected chi connectivity index (χ1v) is 7.56. The van der Waals surface area contributed by atoms with Gasteiger partial charge in [0.15, 0.2) is 0 Å². The third-order valence-electron chi connectivity index (χ3n) is 3.51. The van der Waals surface area contributed by atoms with Crippen molar-refractivity contribution in [3.8, 4) is 0 Å². The van der Waals surface area contributed by atoms with E-state index in [2.05, 4.69) is 15.6 Å². The lowest BCUT2D eigenvalue weighted by molar-refractivity contribution is 0.0498. The van der Waals surface area contributed by atoms with Gasteiger partial charge in [-0.2, -0.15) is 0 Å². The van der Waals surface area contributed by atoms with Gasteiger partial charge in [-0.05, 0) is 51.7 Å². The summed E-state index contributed by atoms with van der Waals surface area (Å²) in [7, 11) is 0. The predicted molar refractivity (Wildman–Crippen MR) is 81.9 cm³/mol. The number of carbonyl (C=O) groups is 1. The van der Waals surface area contributed by atoms with Crippen LogP contribution in [0.5, 0.6) is 0 Å². The molecule has 2 rings (SSSR count). The highest BCUT2D eigenvalue weighted by Gasteiger charge is 2.29. The highest BCUT2D eigenvalue weighted by Crippen LogP contribution is 2.20.